The second kappa shape index (κ2) is 11.0. The van der Waals surface area contributed by atoms with Crippen molar-refractivity contribution in [2.24, 2.45) is 0 Å². The molecule has 0 aliphatic heterocycles. The summed E-state index contributed by atoms with van der Waals surface area (Å²) in [5.41, 5.74) is 5.47. The first kappa shape index (κ1) is 22.2. The first-order valence-electron chi connectivity index (χ1n) is 11.6. The van der Waals surface area contributed by atoms with Gasteiger partial charge in [-0.3, -0.25) is 0 Å². The van der Waals surface area contributed by atoms with Crippen molar-refractivity contribution in [1.82, 2.24) is 25.6 Å². The summed E-state index contributed by atoms with van der Waals surface area (Å²) >= 11 is 0. The van der Waals surface area contributed by atoms with Gasteiger partial charge in [-0.05, 0) is 65.1 Å². The van der Waals surface area contributed by atoms with Gasteiger partial charge in [-0.15, -0.1) is 10.2 Å². The Kier molecular flexibility index (Phi) is 7.00. The third-order valence-electron chi connectivity index (χ3n) is 5.60. The van der Waals surface area contributed by atoms with E-state index in [9.17, 15) is 0 Å². The number of aromatic amines is 1. The van der Waals surface area contributed by atoms with Crippen LogP contribution in [0.4, 0.5) is 0 Å². The minimum atomic E-state index is 0.450. The molecule has 0 aliphatic carbocycles. The van der Waals surface area contributed by atoms with Crippen LogP contribution in [0, 0.1) is 0 Å². The number of H-pyrrole nitrogens is 1. The molecule has 0 saturated carbocycles. The van der Waals surface area contributed by atoms with Crippen molar-refractivity contribution in [2.45, 2.75) is 19.4 Å². The molecule has 35 heavy (non-hydrogen) atoms. The lowest BCUT2D eigenvalue weighted by atomic mass is 10.1. The van der Waals surface area contributed by atoms with Crippen LogP contribution in [0.25, 0.3) is 29.1 Å². The number of aromatic nitrogens is 5. The van der Waals surface area contributed by atoms with Crippen LogP contribution in [0.2, 0.25) is 0 Å². The molecule has 6 nitrogen and oxygen atoms in total. The van der Waals surface area contributed by atoms with Gasteiger partial charge >= 0.3 is 0 Å². The molecule has 0 aliphatic rings. The average Bonchev–Trinajstić information content (AvgIpc) is 3.44. The molecule has 5 rings (SSSR count). The standard InChI is InChI=1S/C29H25N5O/c1(5-22-9-11-24(12-10-22)15-20-29-31-33-34-32-29)2-6-23-13-18-27(19-14-23)35-21-26-17-16-25-7-3-4-8-28(25)30-26/h2-4,6-20H,1,5,21H2,(H,31,32,33,34)/b6-2+,20-15+. The number of rotatable bonds is 9. The number of para-hydroxylation sites is 1. The van der Waals surface area contributed by atoms with Gasteiger partial charge in [-0.2, -0.15) is 5.21 Å². The molecule has 0 spiro atoms. The number of fused-ring (bicyclic) bond motifs is 1. The van der Waals surface area contributed by atoms with Gasteiger partial charge in [0.2, 0.25) is 0 Å². The number of nitrogens with zero attached hydrogens (tertiary/aromatic N) is 4. The SMILES string of the molecule is C(=C\c1ccc(OCc2ccc3ccccc3n2)cc1)/CCc1ccc(/C=C/c2nn[nH]n2)cc1. The van der Waals surface area contributed by atoms with Gasteiger partial charge in [0.05, 0.1) is 11.2 Å². The Morgan fingerprint density at radius 2 is 1.57 bits per heavy atom. The predicted molar refractivity (Wildman–Crippen MR) is 139 cm³/mol. The van der Waals surface area contributed by atoms with Crippen molar-refractivity contribution < 1.29 is 4.74 Å². The minimum Gasteiger partial charge on any atom is -0.487 e. The monoisotopic (exact) mass is 459 g/mol. The third-order valence-corrected chi connectivity index (χ3v) is 5.60. The summed E-state index contributed by atoms with van der Waals surface area (Å²) in [5.74, 6) is 1.41. The Labute approximate surface area is 204 Å². The van der Waals surface area contributed by atoms with E-state index in [4.69, 9.17) is 4.74 Å². The Balaban J connectivity index is 1.08. The van der Waals surface area contributed by atoms with Crippen LogP contribution < -0.4 is 4.74 Å². The third kappa shape index (κ3) is 6.26. The number of tetrazole rings is 1. The first-order chi connectivity index (χ1) is 17.3. The minimum absolute atomic E-state index is 0.450. The molecule has 3 aromatic carbocycles. The van der Waals surface area contributed by atoms with Crippen molar-refractivity contribution in [3.8, 4) is 5.75 Å². The van der Waals surface area contributed by atoms with Crippen LogP contribution in [-0.4, -0.2) is 25.6 Å². The highest BCUT2D eigenvalue weighted by molar-refractivity contribution is 5.78. The van der Waals surface area contributed by atoms with Gasteiger partial charge < -0.3 is 4.74 Å². The van der Waals surface area contributed by atoms with Gasteiger partial charge in [0.1, 0.15) is 12.4 Å². The van der Waals surface area contributed by atoms with Crippen LogP contribution in [-0.2, 0) is 13.0 Å². The number of nitrogens with one attached hydrogen (secondary N) is 1. The van der Waals surface area contributed by atoms with Crippen LogP contribution in [0.5, 0.6) is 5.75 Å². The second-order valence-electron chi connectivity index (χ2n) is 8.14. The Morgan fingerprint density at radius 3 is 2.40 bits per heavy atom. The predicted octanol–water partition coefficient (Wildman–Crippen LogP) is 6.14. The van der Waals surface area contributed by atoms with Gasteiger partial charge in [0.25, 0.3) is 0 Å². The van der Waals surface area contributed by atoms with Gasteiger partial charge in [0, 0.05) is 5.39 Å². The van der Waals surface area contributed by atoms with E-state index in [0.717, 1.165) is 46.3 Å². The van der Waals surface area contributed by atoms with E-state index in [1.807, 2.05) is 48.6 Å². The van der Waals surface area contributed by atoms with Crippen LogP contribution in [0.15, 0.2) is 91.0 Å². The second-order valence-corrected chi connectivity index (χ2v) is 8.14. The number of allylic oxidation sites excluding steroid dienone is 1. The zero-order chi connectivity index (χ0) is 23.7. The number of pyridine rings is 1. The van der Waals surface area contributed by atoms with Gasteiger partial charge in [0.15, 0.2) is 5.82 Å². The molecule has 0 fully saturated rings. The normalized spacial score (nSPS) is 11.5. The molecule has 0 bridgehead atoms. The van der Waals surface area contributed by atoms with E-state index >= 15 is 0 Å². The summed E-state index contributed by atoms with van der Waals surface area (Å²) < 4.78 is 5.92. The fourth-order valence-electron chi connectivity index (χ4n) is 3.70. The largest absolute Gasteiger partial charge is 0.487 e. The molecule has 2 aromatic heterocycles. The maximum atomic E-state index is 5.92. The number of benzene rings is 3. The smallest absolute Gasteiger partial charge is 0.197 e. The van der Waals surface area contributed by atoms with Crippen molar-refractivity contribution >= 4 is 29.1 Å². The van der Waals surface area contributed by atoms with Gasteiger partial charge in [-0.25, -0.2) is 4.98 Å². The van der Waals surface area contributed by atoms with E-state index < -0.39 is 0 Å². The Morgan fingerprint density at radius 1 is 0.771 bits per heavy atom. The highest BCUT2D eigenvalue weighted by Crippen LogP contribution is 2.17. The molecule has 1 N–H and O–H groups in total. The van der Waals surface area contributed by atoms with Crippen molar-refractivity contribution in [3.63, 3.8) is 0 Å². The fourth-order valence-corrected chi connectivity index (χ4v) is 3.70. The molecule has 172 valence electrons. The molecule has 5 aromatic rings. The number of hydrogen-bond donors (Lipinski definition) is 1. The summed E-state index contributed by atoms with van der Waals surface area (Å²) in [7, 11) is 0. The van der Waals surface area contributed by atoms with E-state index in [-0.39, 0.29) is 0 Å². The summed E-state index contributed by atoms with van der Waals surface area (Å²) in [6, 6.07) is 28.9. The van der Waals surface area contributed by atoms with Crippen molar-refractivity contribution in [3.05, 3.63) is 119 Å². The molecule has 6 heteroatoms. The summed E-state index contributed by atoms with van der Waals surface area (Å²) in [4.78, 5) is 4.66. The van der Waals surface area contributed by atoms with Crippen molar-refractivity contribution in [1.29, 1.82) is 0 Å². The highest BCUT2D eigenvalue weighted by atomic mass is 16.5. The van der Waals surface area contributed by atoms with E-state index in [0.29, 0.717) is 12.4 Å². The Hall–Kier alpha value is -4.58. The van der Waals surface area contributed by atoms with Gasteiger partial charge in [-0.1, -0.05) is 78.9 Å². The lowest BCUT2D eigenvalue weighted by Gasteiger charge is -2.07. The summed E-state index contributed by atoms with van der Waals surface area (Å²) in [6.07, 6.45) is 10.1. The van der Waals surface area contributed by atoms with Crippen LogP contribution in [0.1, 0.15) is 34.6 Å². The number of aryl methyl sites for hydroxylation is 1. The molecular weight excluding hydrogens is 434 g/mol. The van der Waals surface area contributed by atoms with Crippen LogP contribution in [0.3, 0.4) is 0 Å². The first-order valence-corrected chi connectivity index (χ1v) is 11.6. The quantitative estimate of drug-likeness (QED) is 0.286. The topological polar surface area (TPSA) is 76.6 Å². The summed E-state index contributed by atoms with van der Waals surface area (Å²) in [6.45, 7) is 0.450. The zero-order valence-electron chi connectivity index (χ0n) is 19.2. The average molecular weight is 460 g/mol. The molecular formula is C29H25N5O. The molecule has 0 saturated heterocycles. The zero-order valence-corrected chi connectivity index (χ0v) is 19.2. The fraction of sp³-hybridized carbons (Fsp3) is 0.103. The van der Waals surface area contributed by atoms with E-state index in [2.05, 4.69) is 86.3 Å². The van der Waals surface area contributed by atoms with Crippen molar-refractivity contribution in [2.75, 3.05) is 0 Å². The maximum absolute atomic E-state index is 5.92. The molecule has 0 atom stereocenters. The number of ether oxygens (including phenoxy) is 1. The lowest BCUT2D eigenvalue weighted by molar-refractivity contribution is 0.302. The van der Waals surface area contributed by atoms with Crippen LogP contribution >= 0.6 is 0 Å². The van der Waals surface area contributed by atoms with E-state index in [1.165, 1.54) is 5.56 Å². The molecule has 2 heterocycles. The number of hydrogen-bond acceptors (Lipinski definition) is 5. The molecule has 0 unspecified atom stereocenters. The maximum Gasteiger partial charge on any atom is 0.197 e. The summed E-state index contributed by atoms with van der Waals surface area (Å²) in [5, 5.41) is 14.9. The highest BCUT2D eigenvalue weighted by Gasteiger charge is 2.00. The molecule has 0 radical (unpaired) electrons. The van der Waals surface area contributed by atoms with E-state index in [1.54, 1.807) is 0 Å². The molecule has 0 amide bonds. The Bertz CT molecular complexity index is 1420. The lowest BCUT2D eigenvalue weighted by Crippen LogP contribution is -1.98.